The lowest BCUT2D eigenvalue weighted by Crippen LogP contribution is -2.51. The van der Waals surface area contributed by atoms with Gasteiger partial charge in [0.15, 0.2) is 0 Å². The molecule has 1 aromatic rings. The van der Waals surface area contributed by atoms with Crippen LogP contribution in [0.2, 0.25) is 0 Å². The molecule has 0 aromatic carbocycles. The molecule has 0 spiro atoms. The minimum atomic E-state index is -0.444. The number of aromatic nitrogens is 2. The van der Waals surface area contributed by atoms with Gasteiger partial charge in [0, 0.05) is 18.3 Å². The van der Waals surface area contributed by atoms with Crippen LogP contribution in [0.3, 0.4) is 0 Å². The van der Waals surface area contributed by atoms with Gasteiger partial charge in [0.25, 0.3) is 0 Å². The van der Waals surface area contributed by atoms with E-state index in [1.165, 1.54) is 12.8 Å². The van der Waals surface area contributed by atoms with Gasteiger partial charge < -0.3 is 5.11 Å². The predicted molar refractivity (Wildman–Crippen MR) is 77.0 cm³/mol. The van der Waals surface area contributed by atoms with Gasteiger partial charge in [0.2, 0.25) is 0 Å². The first-order valence-electron chi connectivity index (χ1n) is 7.63. The summed E-state index contributed by atoms with van der Waals surface area (Å²) in [7, 11) is 0. The maximum absolute atomic E-state index is 10.9. The van der Waals surface area contributed by atoms with Gasteiger partial charge in [-0.05, 0) is 45.7 Å². The molecule has 1 aromatic heterocycles. The Morgan fingerprint density at radius 3 is 2.37 bits per heavy atom. The average molecular weight is 265 g/mol. The highest BCUT2D eigenvalue weighted by atomic mass is 16.3. The second-order valence-electron chi connectivity index (χ2n) is 5.54. The summed E-state index contributed by atoms with van der Waals surface area (Å²) in [6.07, 6.45) is 7.82. The lowest BCUT2D eigenvalue weighted by molar-refractivity contribution is -0.0295. The van der Waals surface area contributed by atoms with E-state index < -0.39 is 6.10 Å². The third-order valence-corrected chi connectivity index (χ3v) is 4.76. The van der Waals surface area contributed by atoms with Crippen LogP contribution in [0.25, 0.3) is 0 Å². The third kappa shape index (κ3) is 2.56. The van der Waals surface area contributed by atoms with Crippen molar-refractivity contribution in [1.29, 1.82) is 0 Å². The van der Waals surface area contributed by atoms with Crippen molar-refractivity contribution >= 4 is 0 Å². The van der Waals surface area contributed by atoms with Crippen molar-refractivity contribution in [1.82, 2.24) is 14.7 Å². The summed E-state index contributed by atoms with van der Waals surface area (Å²) in [4.78, 5) is 2.49. The summed E-state index contributed by atoms with van der Waals surface area (Å²) in [6.45, 7) is 9.52. The SMILES string of the molecule is CCn1cc(C(O)C(CC)(CC)N2CCCC2)cn1. The van der Waals surface area contributed by atoms with Gasteiger partial charge in [-0.25, -0.2) is 0 Å². The Labute approximate surface area is 116 Å². The van der Waals surface area contributed by atoms with E-state index in [9.17, 15) is 5.11 Å². The lowest BCUT2D eigenvalue weighted by Gasteiger charge is -2.44. The van der Waals surface area contributed by atoms with Crippen molar-refractivity contribution in [3.8, 4) is 0 Å². The Kier molecular flexibility index (Phi) is 4.63. The summed E-state index contributed by atoms with van der Waals surface area (Å²) in [6, 6.07) is 0. The van der Waals surface area contributed by atoms with Gasteiger partial charge in [-0.15, -0.1) is 0 Å². The highest BCUT2D eigenvalue weighted by Crippen LogP contribution is 2.39. The molecule has 1 N–H and O–H groups in total. The topological polar surface area (TPSA) is 41.3 Å². The second-order valence-corrected chi connectivity index (χ2v) is 5.54. The molecule has 0 radical (unpaired) electrons. The molecule has 1 aliphatic heterocycles. The maximum Gasteiger partial charge on any atom is 0.100 e. The fourth-order valence-corrected chi connectivity index (χ4v) is 3.42. The van der Waals surface area contributed by atoms with Crippen molar-refractivity contribution in [2.45, 2.75) is 64.6 Å². The first kappa shape index (κ1) is 14.5. The van der Waals surface area contributed by atoms with E-state index in [4.69, 9.17) is 0 Å². The zero-order valence-electron chi connectivity index (χ0n) is 12.5. The van der Waals surface area contributed by atoms with Crippen LogP contribution in [0.4, 0.5) is 0 Å². The summed E-state index contributed by atoms with van der Waals surface area (Å²) >= 11 is 0. The summed E-state index contributed by atoms with van der Waals surface area (Å²) in [5, 5.41) is 15.2. The molecule has 2 rings (SSSR count). The Bertz CT molecular complexity index is 392. The molecule has 1 fully saturated rings. The molecule has 4 heteroatoms. The molecule has 2 heterocycles. The minimum absolute atomic E-state index is 0.127. The number of aryl methyl sites for hydroxylation is 1. The van der Waals surface area contributed by atoms with Crippen LogP contribution >= 0.6 is 0 Å². The fourth-order valence-electron chi connectivity index (χ4n) is 3.42. The van der Waals surface area contributed by atoms with Crippen LogP contribution in [0.15, 0.2) is 12.4 Å². The average Bonchev–Trinajstić information content (AvgIpc) is 3.12. The van der Waals surface area contributed by atoms with Gasteiger partial charge >= 0.3 is 0 Å². The van der Waals surface area contributed by atoms with E-state index in [2.05, 4.69) is 30.8 Å². The van der Waals surface area contributed by atoms with Gasteiger partial charge in [0.05, 0.1) is 11.7 Å². The van der Waals surface area contributed by atoms with E-state index in [0.29, 0.717) is 0 Å². The van der Waals surface area contributed by atoms with Crippen LogP contribution in [0, 0.1) is 0 Å². The number of hydrogen-bond donors (Lipinski definition) is 1. The molecule has 0 bridgehead atoms. The van der Waals surface area contributed by atoms with Crippen LogP contribution in [-0.4, -0.2) is 38.4 Å². The smallest absolute Gasteiger partial charge is 0.100 e. The first-order valence-corrected chi connectivity index (χ1v) is 7.63. The number of aliphatic hydroxyl groups excluding tert-OH is 1. The summed E-state index contributed by atoms with van der Waals surface area (Å²) in [5.74, 6) is 0. The van der Waals surface area contributed by atoms with Crippen molar-refractivity contribution in [2.75, 3.05) is 13.1 Å². The third-order valence-electron chi connectivity index (χ3n) is 4.76. The quantitative estimate of drug-likeness (QED) is 0.859. The lowest BCUT2D eigenvalue weighted by atomic mass is 9.82. The fraction of sp³-hybridized carbons (Fsp3) is 0.800. The highest BCUT2D eigenvalue weighted by molar-refractivity contribution is 5.15. The normalized spacial score (nSPS) is 18.9. The summed E-state index contributed by atoms with van der Waals surface area (Å²) in [5.41, 5.74) is 0.829. The second kappa shape index (κ2) is 6.06. The number of hydrogen-bond acceptors (Lipinski definition) is 3. The Balaban J connectivity index is 2.26. The van der Waals surface area contributed by atoms with Gasteiger partial charge in [0.1, 0.15) is 6.10 Å². The number of likely N-dealkylation sites (tertiary alicyclic amines) is 1. The van der Waals surface area contributed by atoms with Gasteiger partial charge in [-0.2, -0.15) is 5.10 Å². The van der Waals surface area contributed by atoms with Crippen molar-refractivity contribution in [3.63, 3.8) is 0 Å². The standard InChI is InChI=1S/C15H27N3O/c1-4-15(5-2,17-9-7-8-10-17)14(19)13-11-16-18(6-3)12-13/h11-12,14,19H,4-10H2,1-3H3. The molecule has 1 aliphatic rings. The Morgan fingerprint density at radius 2 is 1.89 bits per heavy atom. The van der Waals surface area contributed by atoms with Crippen molar-refractivity contribution in [2.24, 2.45) is 0 Å². The largest absolute Gasteiger partial charge is 0.386 e. The number of nitrogens with zero attached hydrogens (tertiary/aromatic N) is 3. The Hall–Kier alpha value is -0.870. The zero-order chi connectivity index (χ0) is 13.9. The molecule has 1 atom stereocenters. The molecule has 1 unspecified atom stereocenters. The van der Waals surface area contributed by atoms with E-state index in [0.717, 1.165) is 38.0 Å². The molecule has 1 saturated heterocycles. The maximum atomic E-state index is 10.9. The van der Waals surface area contributed by atoms with E-state index in [1.807, 2.05) is 17.1 Å². The molecule has 0 aliphatic carbocycles. The Morgan fingerprint density at radius 1 is 1.26 bits per heavy atom. The number of rotatable bonds is 6. The number of aliphatic hydroxyl groups is 1. The highest BCUT2D eigenvalue weighted by Gasteiger charge is 2.42. The molecule has 0 saturated carbocycles. The minimum Gasteiger partial charge on any atom is -0.386 e. The van der Waals surface area contributed by atoms with Crippen LogP contribution in [0.5, 0.6) is 0 Å². The molecular formula is C15H27N3O. The molecular weight excluding hydrogens is 238 g/mol. The van der Waals surface area contributed by atoms with E-state index in [-0.39, 0.29) is 5.54 Å². The monoisotopic (exact) mass is 265 g/mol. The van der Waals surface area contributed by atoms with Crippen LogP contribution in [-0.2, 0) is 6.54 Å². The first-order chi connectivity index (χ1) is 9.17. The van der Waals surface area contributed by atoms with E-state index in [1.54, 1.807) is 0 Å². The summed E-state index contributed by atoms with van der Waals surface area (Å²) < 4.78 is 1.89. The molecule has 19 heavy (non-hydrogen) atoms. The van der Waals surface area contributed by atoms with Gasteiger partial charge in [-0.1, -0.05) is 13.8 Å². The van der Waals surface area contributed by atoms with Crippen LogP contribution < -0.4 is 0 Å². The zero-order valence-corrected chi connectivity index (χ0v) is 12.5. The molecule has 0 amide bonds. The van der Waals surface area contributed by atoms with Crippen LogP contribution in [0.1, 0.15) is 58.1 Å². The van der Waals surface area contributed by atoms with Gasteiger partial charge in [-0.3, -0.25) is 9.58 Å². The van der Waals surface area contributed by atoms with E-state index >= 15 is 0 Å². The molecule has 4 nitrogen and oxygen atoms in total. The molecule has 108 valence electrons. The van der Waals surface area contributed by atoms with Crippen molar-refractivity contribution < 1.29 is 5.11 Å². The predicted octanol–water partition coefficient (Wildman–Crippen LogP) is 2.59. The van der Waals surface area contributed by atoms with Crippen molar-refractivity contribution in [3.05, 3.63) is 18.0 Å².